The van der Waals surface area contributed by atoms with Gasteiger partial charge in [0.05, 0.1) is 27.4 Å². The molecule has 2 rings (SSSR count). The van der Waals surface area contributed by atoms with Crippen LogP contribution in [-0.2, 0) is 0 Å². The first kappa shape index (κ1) is 14.6. The smallest absolute Gasteiger partial charge is 0.203 e. The highest BCUT2D eigenvalue weighted by atomic mass is 32.1. The monoisotopic (exact) mass is 294 g/mol. The Balaban J connectivity index is 2.55. The molecule has 0 spiro atoms. The molecule has 1 heterocycles. The van der Waals surface area contributed by atoms with Crippen molar-refractivity contribution in [3.05, 3.63) is 40.1 Å². The summed E-state index contributed by atoms with van der Waals surface area (Å²) in [6.45, 7) is 0. The third-order valence-corrected chi connectivity index (χ3v) is 3.79. The molecule has 0 aliphatic rings. The summed E-state index contributed by atoms with van der Waals surface area (Å²) in [7, 11) is 4.77. The van der Waals surface area contributed by atoms with Crippen molar-refractivity contribution in [2.24, 2.45) is 5.84 Å². The van der Waals surface area contributed by atoms with Crippen molar-refractivity contribution in [2.45, 2.75) is 6.04 Å². The maximum Gasteiger partial charge on any atom is 0.203 e. The average Bonchev–Trinajstić information content (AvgIpc) is 3.01. The number of thiophene rings is 1. The van der Waals surface area contributed by atoms with Gasteiger partial charge < -0.3 is 14.2 Å². The molecular weight excluding hydrogens is 276 g/mol. The number of ether oxygens (including phenoxy) is 3. The first-order chi connectivity index (χ1) is 9.76. The fourth-order valence-corrected chi connectivity index (χ4v) is 2.84. The first-order valence-corrected chi connectivity index (χ1v) is 6.98. The Morgan fingerprint density at radius 2 is 1.80 bits per heavy atom. The highest BCUT2D eigenvalue weighted by Gasteiger charge is 2.23. The quantitative estimate of drug-likeness (QED) is 0.632. The fourth-order valence-electron chi connectivity index (χ4n) is 2.16. The molecule has 0 amide bonds. The molecule has 1 atom stereocenters. The summed E-state index contributed by atoms with van der Waals surface area (Å²) in [4.78, 5) is 0. The molecule has 0 bridgehead atoms. The molecule has 20 heavy (non-hydrogen) atoms. The van der Waals surface area contributed by atoms with E-state index in [1.54, 1.807) is 32.7 Å². The maximum atomic E-state index is 5.71. The van der Waals surface area contributed by atoms with E-state index < -0.39 is 0 Å². The second-order valence-electron chi connectivity index (χ2n) is 4.08. The molecule has 0 fully saturated rings. The molecule has 0 saturated heterocycles. The lowest BCUT2D eigenvalue weighted by Gasteiger charge is -2.21. The van der Waals surface area contributed by atoms with Gasteiger partial charge in [-0.15, -0.1) is 0 Å². The van der Waals surface area contributed by atoms with Crippen LogP contribution in [-0.4, -0.2) is 21.3 Å². The number of benzene rings is 1. The van der Waals surface area contributed by atoms with Crippen molar-refractivity contribution >= 4 is 11.3 Å². The zero-order chi connectivity index (χ0) is 14.5. The zero-order valence-electron chi connectivity index (χ0n) is 11.7. The summed E-state index contributed by atoms with van der Waals surface area (Å²) in [6, 6.07) is 5.61. The Bertz CT molecular complexity index is 558. The van der Waals surface area contributed by atoms with E-state index in [2.05, 4.69) is 5.43 Å². The van der Waals surface area contributed by atoms with Crippen LogP contribution in [0, 0.1) is 0 Å². The molecule has 2 aromatic rings. The minimum atomic E-state index is -0.170. The van der Waals surface area contributed by atoms with Crippen molar-refractivity contribution in [3.8, 4) is 17.2 Å². The molecule has 108 valence electrons. The summed E-state index contributed by atoms with van der Waals surface area (Å²) in [5.41, 5.74) is 4.78. The Labute approximate surface area is 122 Å². The van der Waals surface area contributed by atoms with Gasteiger partial charge in [0.25, 0.3) is 0 Å². The number of methoxy groups -OCH3 is 3. The van der Waals surface area contributed by atoms with Crippen LogP contribution in [0.25, 0.3) is 0 Å². The van der Waals surface area contributed by atoms with Crippen LogP contribution < -0.4 is 25.5 Å². The normalized spacial score (nSPS) is 12.0. The average molecular weight is 294 g/mol. The second-order valence-corrected chi connectivity index (χ2v) is 4.86. The Morgan fingerprint density at radius 1 is 1.05 bits per heavy atom. The van der Waals surface area contributed by atoms with Gasteiger partial charge in [0.2, 0.25) is 5.75 Å². The zero-order valence-corrected chi connectivity index (χ0v) is 12.5. The van der Waals surface area contributed by atoms with Gasteiger partial charge in [-0.05, 0) is 34.5 Å². The van der Waals surface area contributed by atoms with Crippen LogP contribution in [0.15, 0.2) is 29.0 Å². The van der Waals surface area contributed by atoms with E-state index in [0.717, 1.165) is 11.1 Å². The van der Waals surface area contributed by atoms with E-state index in [9.17, 15) is 0 Å². The van der Waals surface area contributed by atoms with Crippen molar-refractivity contribution in [2.75, 3.05) is 21.3 Å². The maximum absolute atomic E-state index is 5.71. The molecular formula is C14H18N2O3S. The van der Waals surface area contributed by atoms with Crippen molar-refractivity contribution in [1.29, 1.82) is 0 Å². The summed E-state index contributed by atoms with van der Waals surface area (Å²) in [5, 5.41) is 4.05. The van der Waals surface area contributed by atoms with E-state index in [0.29, 0.717) is 17.2 Å². The van der Waals surface area contributed by atoms with Gasteiger partial charge >= 0.3 is 0 Å². The largest absolute Gasteiger partial charge is 0.493 e. The number of rotatable bonds is 6. The standard InChI is InChI=1S/C14H18N2O3S/c1-17-11-5-4-10(13(18-2)14(11)19-3)12(16-15)9-6-7-20-8-9/h4-8,12,16H,15H2,1-3H3. The van der Waals surface area contributed by atoms with Crippen LogP contribution >= 0.6 is 11.3 Å². The minimum absolute atomic E-state index is 0.170. The number of hydrogen-bond donors (Lipinski definition) is 2. The third kappa shape index (κ3) is 2.58. The minimum Gasteiger partial charge on any atom is -0.493 e. The third-order valence-electron chi connectivity index (χ3n) is 3.09. The predicted octanol–water partition coefficient (Wildman–Crippen LogP) is 2.33. The van der Waals surface area contributed by atoms with E-state index in [1.165, 1.54) is 0 Å². The molecule has 3 N–H and O–H groups in total. The highest BCUT2D eigenvalue weighted by molar-refractivity contribution is 7.08. The second kappa shape index (κ2) is 6.60. The molecule has 6 heteroatoms. The fraction of sp³-hybridized carbons (Fsp3) is 0.286. The van der Waals surface area contributed by atoms with Gasteiger partial charge in [0.1, 0.15) is 0 Å². The molecule has 5 nitrogen and oxygen atoms in total. The van der Waals surface area contributed by atoms with Crippen LogP contribution in [0.2, 0.25) is 0 Å². The lowest BCUT2D eigenvalue weighted by molar-refractivity contribution is 0.320. The Hall–Kier alpha value is -1.76. The van der Waals surface area contributed by atoms with Gasteiger partial charge in [-0.25, -0.2) is 5.43 Å². The van der Waals surface area contributed by atoms with Gasteiger partial charge in [0.15, 0.2) is 11.5 Å². The SMILES string of the molecule is COc1ccc(C(NN)c2ccsc2)c(OC)c1OC. The number of nitrogens with two attached hydrogens (primary N) is 1. The molecule has 0 radical (unpaired) electrons. The van der Waals surface area contributed by atoms with Crippen molar-refractivity contribution in [1.82, 2.24) is 5.43 Å². The highest BCUT2D eigenvalue weighted by Crippen LogP contribution is 2.43. The topological polar surface area (TPSA) is 65.7 Å². The lowest BCUT2D eigenvalue weighted by Crippen LogP contribution is -2.29. The van der Waals surface area contributed by atoms with E-state index in [4.69, 9.17) is 20.1 Å². The van der Waals surface area contributed by atoms with Gasteiger partial charge in [-0.1, -0.05) is 0 Å². The molecule has 0 aliphatic carbocycles. The first-order valence-electron chi connectivity index (χ1n) is 6.03. The molecule has 1 unspecified atom stereocenters. The van der Waals surface area contributed by atoms with Crippen LogP contribution in [0.4, 0.5) is 0 Å². The Morgan fingerprint density at radius 3 is 2.30 bits per heavy atom. The number of hydrazine groups is 1. The van der Waals surface area contributed by atoms with E-state index in [-0.39, 0.29) is 6.04 Å². The molecule has 1 aromatic heterocycles. The van der Waals surface area contributed by atoms with E-state index >= 15 is 0 Å². The van der Waals surface area contributed by atoms with Crippen LogP contribution in [0.5, 0.6) is 17.2 Å². The number of nitrogens with one attached hydrogen (secondary N) is 1. The summed E-state index contributed by atoms with van der Waals surface area (Å²) in [6.07, 6.45) is 0. The summed E-state index contributed by atoms with van der Waals surface area (Å²) in [5.74, 6) is 7.50. The van der Waals surface area contributed by atoms with E-state index in [1.807, 2.05) is 29.0 Å². The Kier molecular flexibility index (Phi) is 4.84. The van der Waals surface area contributed by atoms with Crippen molar-refractivity contribution in [3.63, 3.8) is 0 Å². The summed E-state index contributed by atoms with van der Waals surface area (Å²) >= 11 is 1.62. The lowest BCUT2D eigenvalue weighted by atomic mass is 10.00. The van der Waals surface area contributed by atoms with Crippen molar-refractivity contribution < 1.29 is 14.2 Å². The van der Waals surface area contributed by atoms with Crippen LogP contribution in [0.1, 0.15) is 17.2 Å². The predicted molar refractivity (Wildman–Crippen MR) is 79.6 cm³/mol. The molecule has 0 saturated carbocycles. The van der Waals surface area contributed by atoms with Gasteiger partial charge in [-0.3, -0.25) is 5.84 Å². The van der Waals surface area contributed by atoms with Gasteiger partial charge in [0, 0.05) is 5.56 Å². The number of hydrogen-bond acceptors (Lipinski definition) is 6. The molecule has 0 aliphatic heterocycles. The summed E-state index contributed by atoms with van der Waals surface area (Å²) < 4.78 is 16.2. The molecule has 1 aromatic carbocycles. The van der Waals surface area contributed by atoms with Gasteiger partial charge in [-0.2, -0.15) is 11.3 Å². The van der Waals surface area contributed by atoms with Crippen LogP contribution in [0.3, 0.4) is 0 Å².